The minimum atomic E-state index is 0.395. The van der Waals surface area contributed by atoms with E-state index in [0.29, 0.717) is 19.2 Å². The van der Waals surface area contributed by atoms with E-state index in [0.717, 1.165) is 19.4 Å². The van der Waals surface area contributed by atoms with Crippen molar-refractivity contribution in [2.45, 2.75) is 39.3 Å². The molecule has 0 unspecified atom stereocenters. The molecule has 1 aromatic rings. The number of hydrogen-bond acceptors (Lipinski definition) is 3. The van der Waals surface area contributed by atoms with E-state index in [4.69, 9.17) is 10.5 Å². The van der Waals surface area contributed by atoms with Gasteiger partial charge in [0.05, 0.1) is 24.6 Å². The molecular formula is C11H19N3O. The van der Waals surface area contributed by atoms with Gasteiger partial charge in [-0.2, -0.15) is 5.10 Å². The van der Waals surface area contributed by atoms with E-state index < -0.39 is 0 Å². The zero-order valence-corrected chi connectivity index (χ0v) is 9.49. The first-order valence-corrected chi connectivity index (χ1v) is 5.61. The topological polar surface area (TPSA) is 53.1 Å². The van der Waals surface area contributed by atoms with Gasteiger partial charge in [-0.15, -0.1) is 0 Å². The van der Waals surface area contributed by atoms with Crippen LogP contribution in [0.25, 0.3) is 0 Å². The van der Waals surface area contributed by atoms with Crippen molar-refractivity contribution >= 4 is 0 Å². The molecule has 4 heteroatoms. The van der Waals surface area contributed by atoms with E-state index in [9.17, 15) is 0 Å². The summed E-state index contributed by atoms with van der Waals surface area (Å²) in [5.74, 6) is 0. The fraction of sp³-hybridized carbons (Fsp3) is 0.727. The Bertz CT molecular complexity index is 344. The van der Waals surface area contributed by atoms with Gasteiger partial charge in [-0.05, 0) is 26.8 Å². The van der Waals surface area contributed by atoms with Crippen LogP contribution in [0.1, 0.15) is 36.8 Å². The summed E-state index contributed by atoms with van der Waals surface area (Å²) >= 11 is 0. The lowest BCUT2D eigenvalue weighted by Gasteiger charge is -2.16. The lowest BCUT2D eigenvalue weighted by molar-refractivity contribution is 0.103. The summed E-state index contributed by atoms with van der Waals surface area (Å²) in [6, 6.07) is 0.395. The first-order valence-electron chi connectivity index (χ1n) is 5.61. The summed E-state index contributed by atoms with van der Waals surface area (Å²) in [6.45, 7) is 6.48. The zero-order valence-electron chi connectivity index (χ0n) is 9.49. The first kappa shape index (κ1) is 10.6. The third-order valence-corrected chi connectivity index (χ3v) is 2.81. The van der Waals surface area contributed by atoms with Gasteiger partial charge in [0.15, 0.2) is 0 Å². The van der Waals surface area contributed by atoms with Gasteiger partial charge in [-0.1, -0.05) is 0 Å². The van der Waals surface area contributed by atoms with Crippen molar-refractivity contribution in [3.05, 3.63) is 17.0 Å². The Kier molecular flexibility index (Phi) is 3.07. The van der Waals surface area contributed by atoms with Gasteiger partial charge >= 0.3 is 0 Å². The maximum Gasteiger partial charge on any atom is 0.0887 e. The van der Waals surface area contributed by atoms with Crippen molar-refractivity contribution in [3.8, 4) is 0 Å². The fourth-order valence-corrected chi connectivity index (χ4v) is 2.11. The molecule has 0 atom stereocenters. The molecule has 2 N–H and O–H groups in total. The lowest BCUT2D eigenvalue weighted by Crippen LogP contribution is -2.15. The Balaban J connectivity index is 2.40. The number of ether oxygens (including phenoxy) is 1. The molecule has 4 nitrogen and oxygen atoms in total. The highest BCUT2D eigenvalue weighted by atomic mass is 16.5. The second-order valence-electron chi connectivity index (χ2n) is 4.25. The Morgan fingerprint density at radius 3 is 3.00 bits per heavy atom. The predicted octanol–water partition coefficient (Wildman–Crippen LogP) is 1.04. The summed E-state index contributed by atoms with van der Waals surface area (Å²) in [6.07, 6.45) is 1.86. The number of nitrogens with two attached hydrogens (primary N) is 1. The zero-order chi connectivity index (χ0) is 10.8. The van der Waals surface area contributed by atoms with Crippen LogP contribution in [0.4, 0.5) is 0 Å². The average molecular weight is 209 g/mol. The van der Waals surface area contributed by atoms with Crippen LogP contribution in [0.15, 0.2) is 0 Å². The van der Waals surface area contributed by atoms with E-state index in [1.54, 1.807) is 0 Å². The monoisotopic (exact) mass is 209 g/mol. The molecule has 0 spiro atoms. The molecule has 15 heavy (non-hydrogen) atoms. The molecule has 0 aromatic carbocycles. The molecule has 84 valence electrons. The van der Waals surface area contributed by atoms with E-state index in [1.807, 2.05) is 0 Å². The molecule has 0 amide bonds. The molecule has 1 aliphatic rings. The van der Waals surface area contributed by atoms with Crippen molar-refractivity contribution in [3.63, 3.8) is 0 Å². The Morgan fingerprint density at radius 2 is 2.33 bits per heavy atom. The van der Waals surface area contributed by atoms with E-state index in [1.165, 1.54) is 17.0 Å². The molecule has 2 rings (SSSR count). The summed E-state index contributed by atoms with van der Waals surface area (Å²) < 4.78 is 7.57. The molecule has 0 saturated heterocycles. The third kappa shape index (κ3) is 1.92. The van der Waals surface area contributed by atoms with Crippen molar-refractivity contribution in [1.82, 2.24) is 9.78 Å². The molecule has 1 aliphatic heterocycles. The highest BCUT2D eigenvalue weighted by Crippen LogP contribution is 2.23. The number of rotatable bonds is 3. The molecule has 2 heterocycles. The molecule has 1 aromatic heterocycles. The van der Waals surface area contributed by atoms with Crippen molar-refractivity contribution in [1.29, 1.82) is 0 Å². The highest BCUT2D eigenvalue weighted by molar-refractivity contribution is 5.28. The number of aromatic nitrogens is 2. The third-order valence-electron chi connectivity index (χ3n) is 2.81. The van der Waals surface area contributed by atoms with Gasteiger partial charge < -0.3 is 10.5 Å². The Morgan fingerprint density at radius 1 is 1.53 bits per heavy atom. The summed E-state index contributed by atoms with van der Waals surface area (Å²) in [5, 5.41) is 4.64. The average Bonchev–Trinajstić information content (AvgIpc) is 2.59. The summed E-state index contributed by atoms with van der Waals surface area (Å²) in [5.41, 5.74) is 9.39. The van der Waals surface area contributed by atoms with Crippen molar-refractivity contribution in [2.24, 2.45) is 5.73 Å². The largest absolute Gasteiger partial charge is 0.375 e. The summed E-state index contributed by atoms with van der Waals surface area (Å²) in [4.78, 5) is 0. The molecule has 0 aliphatic carbocycles. The summed E-state index contributed by atoms with van der Waals surface area (Å²) in [7, 11) is 0. The lowest BCUT2D eigenvalue weighted by atomic mass is 10.1. The molecule has 0 saturated carbocycles. The van der Waals surface area contributed by atoms with Gasteiger partial charge in [0.25, 0.3) is 0 Å². The second-order valence-corrected chi connectivity index (χ2v) is 4.25. The standard InChI is InChI=1S/C11H19N3O/c1-8(2)14-11-7-15-6-4-9(11)10(13-14)3-5-12/h8H,3-7,12H2,1-2H3. The van der Waals surface area contributed by atoms with Crippen LogP contribution in [0.3, 0.4) is 0 Å². The van der Waals surface area contributed by atoms with Crippen LogP contribution >= 0.6 is 0 Å². The van der Waals surface area contributed by atoms with Crippen molar-refractivity contribution in [2.75, 3.05) is 13.2 Å². The molecule has 0 bridgehead atoms. The maximum atomic E-state index is 5.60. The van der Waals surface area contributed by atoms with E-state index >= 15 is 0 Å². The minimum Gasteiger partial charge on any atom is -0.375 e. The van der Waals surface area contributed by atoms with Crippen LogP contribution in [0.2, 0.25) is 0 Å². The molecular weight excluding hydrogens is 190 g/mol. The minimum absolute atomic E-state index is 0.395. The smallest absolute Gasteiger partial charge is 0.0887 e. The van der Waals surface area contributed by atoms with Crippen molar-refractivity contribution < 1.29 is 4.74 Å². The van der Waals surface area contributed by atoms with Gasteiger partial charge in [-0.3, -0.25) is 4.68 Å². The van der Waals surface area contributed by atoms with E-state index in [-0.39, 0.29) is 0 Å². The predicted molar refractivity (Wildman–Crippen MR) is 58.7 cm³/mol. The van der Waals surface area contributed by atoms with Crippen LogP contribution in [0.5, 0.6) is 0 Å². The maximum absolute atomic E-state index is 5.60. The number of nitrogens with zero attached hydrogens (tertiary/aromatic N) is 2. The van der Waals surface area contributed by atoms with Crippen LogP contribution in [-0.2, 0) is 24.2 Å². The van der Waals surface area contributed by atoms with Crippen LogP contribution < -0.4 is 5.73 Å². The van der Waals surface area contributed by atoms with Gasteiger partial charge in [-0.25, -0.2) is 0 Å². The quantitative estimate of drug-likeness (QED) is 0.809. The van der Waals surface area contributed by atoms with Gasteiger partial charge in [0, 0.05) is 18.0 Å². The normalized spacial score (nSPS) is 15.7. The SMILES string of the molecule is CC(C)n1nc(CCN)c2c1COCC2. The molecule has 0 radical (unpaired) electrons. The fourth-order valence-electron chi connectivity index (χ4n) is 2.11. The number of fused-ring (bicyclic) bond motifs is 1. The van der Waals surface area contributed by atoms with E-state index in [2.05, 4.69) is 23.6 Å². The first-order chi connectivity index (χ1) is 7.24. The number of hydrogen-bond donors (Lipinski definition) is 1. The highest BCUT2D eigenvalue weighted by Gasteiger charge is 2.21. The van der Waals surface area contributed by atoms with Gasteiger partial charge in [0.1, 0.15) is 0 Å². The van der Waals surface area contributed by atoms with Crippen LogP contribution in [0, 0.1) is 0 Å². The second kappa shape index (κ2) is 4.33. The Hall–Kier alpha value is -0.870. The van der Waals surface area contributed by atoms with Gasteiger partial charge in [0.2, 0.25) is 0 Å². The van der Waals surface area contributed by atoms with Crippen LogP contribution in [-0.4, -0.2) is 22.9 Å². The molecule has 0 fully saturated rings. The Labute approximate surface area is 90.4 Å².